The second-order valence-electron chi connectivity index (χ2n) is 17.6. The number of benzene rings is 2. The summed E-state index contributed by atoms with van der Waals surface area (Å²) in [7, 11) is 5.04. The molecule has 3 aromatic heterocycles. The molecule has 4 aliphatic heterocycles. The maximum absolute atomic E-state index is 14.6. The van der Waals surface area contributed by atoms with Gasteiger partial charge in [-0.2, -0.15) is 0 Å². The minimum Gasteiger partial charge on any atom is -0.395 e. The van der Waals surface area contributed by atoms with Crippen molar-refractivity contribution in [1.82, 2.24) is 43.7 Å². The number of amides is 3. The highest BCUT2D eigenvalue weighted by atomic mass is 16.7. The summed E-state index contributed by atoms with van der Waals surface area (Å²) in [6, 6.07) is 14.5. The second-order valence-corrected chi connectivity index (χ2v) is 17.6. The van der Waals surface area contributed by atoms with Gasteiger partial charge in [0, 0.05) is 75.1 Å². The van der Waals surface area contributed by atoms with Gasteiger partial charge in [0.25, 0.3) is 17.4 Å². The lowest BCUT2D eigenvalue weighted by Gasteiger charge is -2.48. The summed E-state index contributed by atoms with van der Waals surface area (Å²) in [6.45, 7) is 4.87. The molecule has 2 aromatic carbocycles. The Morgan fingerprint density at radius 2 is 1.82 bits per heavy atom. The molecule has 5 aliphatic rings. The summed E-state index contributed by atoms with van der Waals surface area (Å²) in [5.74, 6) is -3.80. The molecular formula is C44H53N9O8. The summed E-state index contributed by atoms with van der Waals surface area (Å²) < 4.78 is 10.4. The van der Waals surface area contributed by atoms with E-state index in [1.807, 2.05) is 44.2 Å². The largest absolute Gasteiger partial charge is 0.395 e. The van der Waals surface area contributed by atoms with Crippen LogP contribution >= 0.6 is 0 Å². The Hall–Kier alpha value is -5.62. The van der Waals surface area contributed by atoms with Crippen LogP contribution in [-0.4, -0.2) is 123 Å². The third-order valence-electron chi connectivity index (χ3n) is 13.8. The van der Waals surface area contributed by atoms with Crippen molar-refractivity contribution in [3.8, 4) is 0 Å². The molecule has 7 heterocycles. The number of aliphatic hydroxyl groups excluding tert-OH is 1. The molecule has 0 spiro atoms. The van der Waals surface area contributed by atoms with E-state index in [0.29, 0.717) is 43.5 Å². The van der Waals surface area contributed by atoms with Gasteiger partial charge in [0.2, 0.25) is 17.5 Å². The van der Waals surface area contributed by atoms with E-state index in [2.05, 4.69) is 51.6 Å². The summed E-state index contributed by atoms with van der Waals surface area (Å²) in [5.41, 5.74) is 2.61. The fourth-order valence-corrected chi connectivity index (χ4v) is 10.7. The van der Waals surface area contributed by atoms with E-state index in [1.54, 1.807) is 11.9 Å². The van der Waals surface area contributed by atoms with Gasteiger partial charge < -0.3 is 34.9 Å². The topological polar surface area (TPSA) is 200 Å². The molecule has 0 unspecified atom stereocenters. The lowest BCUT2D eigenvalue weighted by molar-refractivity contribution is -0.321. The monoisotopic (exact) mass is 835 g/mol. The van der Waals surface area contributed by atoms with Gasteiger partial charge in [0.05, 0.1) is 18.9 Å². The van der Waals surface area contributed by atoms with Crippen LogP contribution in [0.4, 0.5) is 0 Å². The Morgan fingerprint density at radius 1 is 1.05 bits per heavy atom. The smallest absolute Gasteiger partial charge is 0.332 e. The van der Waals surface area contributed by atoms with Crippen molar-refractivity contribution < 1.29 is 29.3 Å². The van der Waals surface area contributed by atoms with Crippen LogP contribution in [0.3, 0.4) is 0 Å². The van der Waals surface area contributed by atoms with E-state index in [-0.39, 0.29) is 43.3 Å². The van der Waals surface area contributed by atoms with Crippen LogP contribution in [0.5, 0.6) is 0 Å². The zero-order chi connectivity index (χ0) is 43.1. The van der Waals surface area contributed by atoms with Gasteiger partial charge in [-0.15, -0.1) is 0 Å². The first-order valence-corrected chi connectivity index (χ1v) is 21.1. The van der Waals surface area contributed by atoms with Crippen LogP contribution < -0.4 is 16.6 Å². The Bertz CT molecular complexity index is 2670. The summed E-state index contributed by atoms with van der Waals surface area (Å²) in [4.78, 5) is 78.9. The Morgan fingerprint density at radius 3 is 2.56 bits per heavy atom. The molecule has 4 saturated heterocycles. The van der Waals surface area contributed by atoms with Gasteiger partial charge in [-0.3, -0.25) is 37.9 Å². The number of aryl methyl sites for hydroxylation is 1. The Labute approximate surface area is 351 Å². The number of piperidine rings is 1. The predicted octanol–water partition coefficient (Wildman–Crippen LogP) is 1.14. The van der Waals surface area contributed by atoms with Gasteiger partial charge in [-0.1, -0.05) is 56.3 Å². The first-order valence-electron chi connectivity index (χ1n) is 21.1. The molecule has 61 heavy (non-hydrogen) atoms. The lowest BCUT2D eigenvalue weighted by Crippen LogP contribution is -2.71. The van der Waals surface area contributed by atoms with Crippen LogP contribution in [-0.2, 0) is 52.6 Å². The Balaban J connectivity index is 0.000000250. The molecule has 7 atom stereocenters. The summed E-state index contributed by atoms with van der Waals surface area (Å²) >= 11 is 0. The number of aliphatic hydroxyl groups is 2. The van der Waals surface area contributed by atoms with E-state index in [1.165, 1.54) is 43.9 Å². The summed E-state index contributed by atoms with van der Waals surface area (Å²) in [5, 5.41) is 25.5. The average molecular weight is 836 g/mol. The molecule has 5 aromatic rings. The number of fused-ring (bicyclic) bond motifs is 6. The van der Waals surface area contributed by atoms with Crippen molar-refractivity contribution in [2.75, 3.05) is 26.7 Å². The minimum atomic E-state index is -2.04. The predicted molar refractivity (Wildman–Crippen MR) is 224 cm³/mol. The average Bonchev–Trinajstić information content (AvgIpc) is 4.05. The molecule has 0 bridgehead atoms. The number of hydrogen-bond acceptors (Lipinski definition) is 10. The van der Waals surface area contributed by atoms with Gasteiger partial charge in [0.15, 0.2) is 11.2 Å². The van der Waals surface area contributed by atoms with Crippen LogP contribution in [0.2, 0.25) is 0 Å². The van der Waals surface area contributed by atoms with Crippen molar-refractivity contribution in [1.29, 1.82) is 0 Å². The number of nitrogens with one attached hydrogen (secondary N) is 2. The number of aromatic nitrogens is 5. The minimum absolute atomic E-state index is 0.0859. The number of rotatable bonds is 7. The molecule has 10 rings (SSSR count). The second kappa shape index (κ2) is 15.1. The first kappa shape index (κ1) is 40.8. The number of ether oxygens (including phenoxy) is 1. The van der Waals surface area contributed by atoms with Crippen LogP contribution in [0.15, 0.2) is 70.6 Å². The van der Waals surface area contributed by atoms with Crippen molar-refractivity contribution in [3.05, 3.63) is 98.6 Å². The van der Waals surface area contributed by atoms with Crippen molar-refractivity contribution >= 4 is 39.8 Å². The number of carbonyl (C=O) groups is 3. The van der Waals surface area contributed by atoms with Gasteiger partial charge in [-0.25, -0.2) is 9.78 Å². The van der Waals surface area contributed by atoms with Crippen LogP contribution in [0, 0.1) is 11.8 Å². The fraction of sp³-hybridized carbons (Fsp3) is 0.500. The van der Waals surface area contributed by atoms with E-state index in [0.717, 1.165) is 22.1 Å². The Kier molecular flexibility index (Phi) is 10.1. The molecule has 4 N–H and O–H groups in total. The number of nitrogens with zero attached hydrogens (tertiary/aromatic N) is 7. The molecule has 322 valence electrons. The van der Waals surface area contributed by atoms with Crippen LogP contribution in [0.1, 0.15) is 55.7 Å². The fourth-order valence-electron chi connectivity index (χ4n) is 10.7. The molecule has 17 nitrogen and oxygen atoms in total. The number of aromatic amines is 1. The first-order chi connectivity index (χ1) is 29.2. The van der Waals surface area contributed by atoms with Gasteiger partial charge in [0.1, 0.15) is 12.1 Å². The number of piperazine rings is 1. The van der Waals surface area contributed by atoms with Gasteiger partial charge in [-0.05, 0) is 55.5 Å². The highest BCUT2D eigenvalue weighted by molar-refractivity contribution is 5.98. The van der Waals surface area contributed by atoms with E-state index in [4.69, 9.17) is 9.84 Å². The number of likely N-dealkylation sites (N-methyl/N-ethyl adjacent to an activating group) is 1. The molecular weight excluding hydrogens is 783 g/mol. The SMILES string of the molecule is CC(C)[C@@]1(NC(=O)[C@@H]2C[C@@H]3c4cccc5[nH]cc(c45)C[C@H]3N(C)C2)O[C@@]2(O)[C@@H]3CCCN3C(=O)[C@H](Cc3ccccc3)N2C1=O.Cn1c(=O)c2c(ncn2CCO)n(C)c1=O. The third-order valence-corrected chi connectivity index (χ3v) is 13.8. The highest BCUT2D eigenvalue weighted by Gasteiger charge is 2.72. The van der Waals surface area contributed by atoms with Crippen molar-refractivity contribution in [3.63, 3.8) is 0 Å². The normalized spacial score (nSPS) is 28.2. The molecule has 1 aliphatic carbocycles. The van der Waals surface area contributed by atoms with E-state index < -0.39 is 52.7 Å². The van der Waals surface area contributed by atoms with Crippen molar-refractivity contribution in [2.45, 2.75) is 88.2 Å². The maximum atomic E-state index is 14.6. The number of likely N-dealkylation sites (tertiary alicyclic amines) is 1. The third kappa shape index (κ3) is 6.26. The van der Waals surface area contributed by atoms with Crippen molar-refractivity contribution in [2.24, 2.45) is 25.9 Å². The molecule has 0 saturated carbocycles. The zero-order valence-electron chi connectivity index (χ0n) is 35.1. The van der Waals surface area contributed by atoms with E-state index in [9.17, 15) is 29.1 Å². The maximum Gasteiger partial charge on any atom is 0.332 e. The molecule has 4 fully saturated rings. The highest BCUT2D eigenvalue weighted by Crippen LogP contribution is 2.49. The zero-order valence-corrected chi connectivity index (χ0v) is 35.1. The lowest BCUT2D eigenvalue weighted by atomic mass is 9.72. The molecule has 3 amide bonds. The summed E-state index contributed by atoms with van der Waals surface area (Å²) in [6.07, 6.45) is 6.57. The van der Waals surface area contributed by atoms with Crippen LogP contribution in [0.25, 0.3) is 22.1 Å². The van der Waals surface area contributed by atoms with E-state index >= 15 is 0 Å². The quantitative estimate of drug-likeness (QED) is 0.185. The number of hydrogen-bond donors (Lipinski definition) is 4. The molecule has 17 heteroatoms. The van der Waals surface area contributed by atoms with Gasteiger partial charge >= 0.3 is 5.69 Å². The molecule has 0 radical (unpaired) electrons. The number of H-pyrrole nitrogens is 1. The number of imidazole rings is 1. The standard InChI is InChI=1S/C35H41N5O5.C9H12N4O3/c1-20(2)34(37-31(41)23-16-25-24-11-7-12-26-30(24)22(18-36-26)17-27(25)38(3)19-23)33(43)40-28(15-21-9-5-4-6-10-21)32(42)39-14-8-13-29(39)35(40,44)45-34;1-11-7-6(8(15)12(2)9(11)16)13(3-4-14)5-10-7/h4-7,9-12,18,20,23,25,27-29,36,44H,8,13-17,19H2,1-3H3,(H,37,41);5,14H,3-4H2,1-2H3/t23-,25-,27-,28+,29+,34-,35+;/m1./s1. The number of carbonyl (C=O) groups excluding carboxylic acids is 3.